The van der Waals surface area contributed by atoms with Crippen LogP contribution in [0.4, 0.5) is 87.8 Å². The summed E-state index contributed by atoms with van der Waals surface area (Å²) < 4.78 is 286. The fourth-order valence-electron chi connectivity index (χ4n) is 19.0. The van der Waals surface area contributed by atoms with E-state index < -0.39 is 149 Å². The van der Waals surface area contributed by atoms with Crippen LogP contribution in [0.3, 0.4) is 0 Å². The molecule has 718 valence electrons. The highest BCUT2D eigenvalue weighted by molar-refractivity contribution is 6.19. The normalized spacial score (nSPS) is 13.3. The van der Waals surface area contributed by atoms with E-state index in [1.54, 1.807) is 36.4 Å². The maximum absolute atomic E-state index is 15.8. The Morgan fingerprint density at radius 1 is 0.267 bits per heavy atom. The number of nitriles is 4. The molecule has 2 aliphatic carbocycles. The SMILES string of the molecule is [C-]#[N+]/C(C#N)=C1/c2ccc(-c3ccc(C(F)(F)F)cc3)cc2-c2nc3c(nc21)-c1cc(-c2ccc(C)cc2)ccc1/C3=C(/C#N)[N+]#[C-].[C-]#[N+]/N=c1\c2cc(-c3c(F)c(F)c4c(F)c(F)c(F)c(F)c4c3F)ccc2c2nc3c(=NC#N)c4cc(-c5c(F)c(F)c6c(F)c(F)c(F)c(F)c6c5F)ccc4c3nc12.[C-]#[N+]/N=c1\c2ccc(-c3ccc(C)cc3)cc2c2nc3c(=NC#N)c4ccc(-c5ccc(C(F)(F)F)cc5)cc4c3nc12. The Hall–Kier alpha value is -20.5. The lowest BCUT2D eigenvalue weighted by Crippen LogP contribution is -2.06. The van der Waals surface area contributed by atoms with Crippen molar-refractivity contribution < 1.29 is 87.8 Å². The van der Waals surface area contributed by atoms with Crippen LogP contribution in [0.5, 0.6) is 0 Å². The molecule has 38 heteroatoms. The average molecular weight is 2020 g/mol. The smallest absolute Gasteiger partial charge is 0.245 e. The van der Waals surface area contributed by atoms with Gasteiger partial charge >= 0.3 is 12.4 Å². The van der Waals surface area contributed by atoms with Gasteiger partial charge in [-0.3, -0.25) is 0 Å². The third-order valence-electron chi connectivity index (χ3n) is 25.9. The Labute approximate surface area is 825 Å². The van der Waals surface area contributed by atoms with E-state index in [2.05, 4.69) is 49.8 Å². The number of fused-ring (bicyclic) bond motifs is 20. The van der Waals surface area contributed by atoms with Gasteiger partial charge in [0.15, 0.2) is 80.5 Å². The van der Waals surface area contributed by atoms with Gasteiger partial charge in [-0.1, -0.05) is 157 Å². The molecule has 3 heterocycles. The first kappa shape index (κ1) is 95.7. The second kappa shape index (κ2) is 35.8. The third-order valence-corrected chi connectivity index (χ3v) is 25.9. The van der Waals surface area contributed by atoms with E-state index in [0.717, 1.165) is 105 Å². The molecular weight excluding hydrogens is 1980 g/mol. The summed E-state index contributed by atoms with van der Waals surface area (Å²) in [4.78, 5) is 49.9. The number of aromatic nitrogens is 6. The fraction of sp³-hybridized carbons (Fsp3) is 0.0357. The van der Waals surface area contributed by atoms with Crippen LogP contribution in [0.25, 0.3) is 229 Å². The van der Waals surface area contributed by atoms with E-state index in [0.29, 0.717) is 122 Å². The first-order valence-corrected chi connectivity index (χ1v) is 43.7. The van der Waals surface area contributed by atoms with Crippen molar-refractivity contribution in [3.63, 3.8) is 0 Å². The zero-order valence-electron chi connectivity index (χ0n) is 75.2. The number of alkyl halides is 6. The van der Waals surface area contributed by atoms with Crippen LogP contribution in [0, 0.1) is 167 Å². The topological polar surface area (TPSA) is 239 Å². The summed E-state index contributed by atoms with van der Waals surface area (Å²) in [5, 5.41) is 42.1. The Morgan fingerprint density at radius 2 is 0.540 bits per heavy atom. The number of rotatable bonds is 6. The second-order valence-corrected chi connectivity index (χ2v) is 34.1. The lowest BCUT2D eigenvalue weighted by atomic mass is 9.96. The lowest BCUT2D eigenvalue weighted by molar-refractivity contribution is -0.138. The number of aryl methyl sites for hydroxylation is 2. The standard InChI is InChI=1S/C40H6F14N6.C38H17F3N6.C34H17F3N6/c1-56-60-38-14-7-10(16-22(42)18-20(26(46)24(16)44)30(50)34(54)32(52)28(18)48)3-5-12(14)37-40(38)59-36-11-4-2-9(6-13(11)35(57-8-55)39(36)58-37)15-21(41)17-19(25(45)23(15)43)29(49)33(53)31(51)27(17)47;1-20-4-6-21(7-5-20)23-10-14-26-28(16-23)34-36(32(26)30(18-42)44-2)47-35-29-17-24(22-8-12-25(13-9-22)38(39,40)41)11-15-27(29)33(37(35)46-34)31(19-43)45-3;1-18-3-5-19(6-4-18)21-10-14-25-27(16-21)30-33(31(25)43-39-2)42-29-26-15-22(20-7-11-23(12-8-20)34(35,36)37)9-13-24(26)28(40-17-38)32(29)41-30/h2-7H;4-17H,1H3;3-16H,1H3/b57-35?,60-38+;32-30+,33-31-;40-28?,43-31+. The number of hydrogen-bond donors (Lipinski definition) is 0. The van der Waals surface area contributed by atoms with E-state index in [1.165, 1.54) is 30.5 Å². The molecule has 0 unspecified atom stereocenters. The maximum atomic E-state index is 15.8. The van der Waals surface area contributed by atoms with Gasteiger partial charge in [-0.05, 0) is 141 Å². The van der Waals surface area contributed by atoms with Crippen molar-refractivity contribution in [3.05, 3.63) is 411 Å². The Kier molecular flexibility index (Phi) is 22.9. The van der Waals surface area contributed by atoms with Gasteiger partial charge in [-0.25, -0.2) is 112 Å². The first-order valence-electron chi connectivity index (χ1n) is 43.7. The molecule has 150 heavy (non-hydrogen) atoms. The first-order chi connectivity index (χ1) is 72.0. The van der Waals surface area contributed by atoms with E-state index in [9.17, 15) is 82.5 Å². The molecule has 0 N–H and O–H groups in total. The van der Waals surface area contributed by atoms with Gasteiger partial charge in [0.05, 0.1) is 124 Å². The van der Waals surface area contributed by atoms with Crippen molar-refractivity contribution in [1.29, 1.82) is 21.0 Å². The van der Waals surface area contributed by atoms with Crippen LogP contribution in [-0.2, 0) is 12.4 Å². The van der Waals surface area contributed by atoms with E-state index in [4.69, 9.17) is 46.2 Å². The van der Waals surface area contributed by atoms with Crippen molar-refractivity contribution in [2.24, 2.45) is 20.2 Å². The van der Waals surface area contributed by atoms with Crippen LogP contribution in [0.1, 0.15) is 44.8 Å². The summed E-state index contributed by atoms with van der Waals surface area (Å²) >= 11 is 0. The lowest BCUT2D eigenvalue weighted by Gasteiger charge is -2.13. The van der Waals surface area contributed by atoms with Gasteiger partial charge in [-0.2, -0.15) is 60.0 Å². The van der Waals surface area contributed by atoms with Gasteiger partial charge in [0, 0.05) is 65.4 Å². The van der Waals surface area contributed by atoms with E-state index in [1.807, 2.05) is 117 Å². The quantitative estimate of drug-likeness (QED) is 0.0290. The number of nitrogens with zero attached hydrogens (tertiary/aromatic N) is 18. The van der Waals surface area contributed by atoms with Crippen molar-refractivity contribution in [2.75, 3.05) is 0 Å². The van der Waals surface area contributed by atoms with Crippen LogP contribution < -0.4 is 21.4 Å². The minimum absolute atomic E-state index is 0.0120. The summed E-state index contributed by atoms with van der Waals surface area (Å²) in [5.74, 6) is -32.4. The summed E-state index contributed by atoms with van der Waals surface area (Å²) in [5.41, 5.74) is 8.16. The Morgan fingerprint density at radius 3 is 0.880 bits per heavy atom. The van der Waals surface area contributed by atoms with Crippen molar-refractivity contribution >= 4 is 120 Å². The Bertz CT molecular complexity index is 10200. The van der Waals surface area contributed by atoms with Gasteiger partial charge in [0.2, 0.25) is 12.4 Å². The summed E-state index contributed by atoms with van der Waals surface area (Å²) in [6.07, 6.45) is -5.55. The fourth-order valence-corrected chi connectivity index (χ4v) is 19.0. The molecule has 0 aliphatic heterocycles. The molecule has 0 saturated carbocycles. The highest BCUT2D eigenvalue weighted by atomic mass is 19.4. The van der Waals surface area contributed by atoms with Crippen LogP contribution in [0.15, 0.2) is 238 Å². The van der Waals surface area contributed by atoms with Gasteiger partial charge < -0.3 is 0 Å². The molecule has 2 aliphatic rings. The number of benzene rings is 14. The van der Waals surface area contributed by atoms with Gasteiger partial charge in [0.1, 0.15) is 44.4 Å². The highest BCUT2D eigenvalue weighted by Crippen LogP contribution is 2.54. The van der Waals surface area contributed by atoms with Crippen molar-refractivity contribution in [2.45, 2.75) is 26.2 Å². The molecular formula is C112H40F20N18. The minimum atomic E-state index is -4.48. The molecule has 0 radical (unpaired) electrons. The zero-order chi connectivity index (χ0) is 106. The molecule has 21 aromatic rings. The number of allylic oxidation sites excluding steroid dienone is 2. The second-order valence-electron chi connectivity index (χ2n) is 34.1. The number of halogens is 20. The molecule has 0 saturated heterocycles. The van der Waals surface area contributed by atoms with Crippen LogP contribution in [0.2, 0.25) is 0 Å². The van der Waals surface area contributed by atoms with Gasteiger partial charge in [0.25, 0.3) is 11.4 Å². The zero-order valence-corrected chi connectivity index (χ0v) is 75.2. The summed E-state index contributed by atoms with van der Waals surface area (Å²) in [6.45, 7) is 34.3. The van der Waals surface area contributed by atoms with Crippen molar-refractivity contribution in [1.82, 2.24) is 29.9 Å². The molecule has 0 amide bonds. The highest BCUT2D eigenvalue weighted by Gasteiger charge is 2.41. The molecule has 0 fully saturated rings. The molecule has 3 aromatic heterocycles. The predicted molar refractivity (Wildman–Crippen MR) is 511 cm³/mol. The monoisotopic (exact) mass is 2020 g/mol. The van der Waals surface area contributed by atoms with Crippen LogP contribution >= 0.6 is 0 Å². The summed E-state index contributed by atoms with van der Waals surface area (Å²) in [7, 11) is 0. The Balaban J connectivity index is 0.000000134. The molecule has 18 aromatic carbocycles. The number of hydrogen-bond acceptors (Lipinski definition) is 14. The van der Waals surface area contributed by atoms with E-state index >= 15 is 26.3 Å². The summed E-state index contributed by atoms with van der Waals surface area (Å²) in [6, 6.07) is 57.8. The predicted octanol–water partition coefficient (Wildman–Crippen LogP) is 27.9. The minimum Gasteiger partial charge on any atom is -0.245 e. The molecule has 18 nitrogen and oxygen atoms in total. The molecule has 0 atom stereocenters. The molecule has 0 bridgehead atoms. The molecule has 23 rings (SSSR count). The maximum Gasteiger partial charge on any atom is 0.416 e. The molecule has 0 spiro atoms. The van der Waals surface area contributed by atoms with Gasteiger partial charge in [-0.15, -0.1) is 9.91 Å². The average Bonchev–Trinajstić information content (AvgIpc) is 1.54. The van der Waals surface area contributed by atoms with E-state index in [-0.39, 0.29) is 65.7 Å². The third kappa shape index (κ3) is 14.9. The largest absolute Gasteiger partial charge is 0.416 e. The van der Waals surface area contributed by atoms with Crippen molar-refractivity contribution in [3.8, 4) is 114 Å². The van der Waals surface area contributed by atoms with Crippen LogP contribution in [-0.4, -0.2) is 29.9 Å².